The highest BCUT2D eigenvalue weighted by Crippen LogP contribution is 2.36. The molecule has 0 bridgehead atoms. The lowest BCUT2D eigenvalue weighted by Gasteiger charge is -2.33. The van der Waals surface area contributed by atoms with Gasteiger partial charge in [-0.15, -0.1) is 0 Å². The minimum Gasteiger partial charge on any atom is -0.444 e. The molecule has 7 heteroatoms. The molecule has 2 rings (SSSR count). The van der Waals surface area contributed by atoms with E-state index >= 15 is 0 Å². The van der Waals surface area contributed by atoms with Crippen molar-refractivity contribution < 1.29 is 9.53 Å². The third-order valence-corrected chi connectivity index (χ3v) is 5.91. The predicted octanol–water partition coefficient (Wildman–Crippen LogP) is 5.30. The maximum Gasteiger partial charge on any atom is 0.410 e. The molecule has 0 spiro atoms. The summed E-state index contributed by atoms with van der Waals surface area (Å²) in [5.74, 6) is 1.81. The van der Waals surface area contributed by atoms with E-state index in [2.05, 4.69) is 38.0 Å². The molecule has 1 saturated heterocycles. The number of nitrogens with zero attached hydrogens (tertiary/aromatic N) is 2. The van der Waals surface area contributed by atoms with Crippen LogP contribution in [0.25, 0.3) is 0 Å². The molecule has 1 fully saturated rings. The van der Waals surface area contributed by atoms with Gasteiger partial charge >= 0.3 is 6.09 Å². The summed E-state index contributed by atoms with van der Waals surface area (Å²) in [7, 11) is 0. The Kier molecular flexibility index (Phi) is 7.85. The highest BCUT2D eigenvalue weighted by atomic mass is 32.2. The van der Waals surface area contributed by atoms with Gasteiger partial charge in [-0.25, -0.2) is 9.78 Å². The highest BCUT2D eigenvalue weighted by Gasteiger charge is 2.42. The van der Waals surface area contributed by atoms with E-state index in [1.807, 2.05) is 43.9 Å². The Bertz CT molecular complexity index is 688. The van der Waals surface area contributed by atoms with E-state index in [4.69, 9.17) is 9.88 Å². The number of ether oxygens (including phenoxy) is 1. The lowest BCUT2D eigenvalue weighted by molar-refractivity contribution is 0.0131. The largest absolute Gasteiger partial charge is 0.444 e. The number of aromatic nitrogens is 1. The van der Waals surface area contributed by atoms with Gasteiger partial charge in [0.05, 0.1) is 0 Å². The molecule has 1 aliphatic heterocycles. The summed E-state index contributed by atoms with van der Waals surface area (Å²) >= 11 is 1.16. The van der Waals surface area contributed by atoms with Crippen LogP contribution in [-0.2, 0) is 4.74 Å². The molecule has 0 saturated carbocycles. The van der Waals surface area contributed by atoms with Crippen LogP contribution in [0.4, 0.5) is 10.6 Å². The summed E-state index contributed by atoms with van der Waals surface area (Å²) < 4.78 is 5.62. The fraction of sp³-hybridized carbons (Fsp3) is 0.727. The number of anilines is 1. The van der Waals surface area contributed by atoms with Gasteiger partial charge in [-0.2, -0.15) is 0 Å². The number of hydrogen-bond donors (Lipinski definition) is 2. The first-order valence-electron chi connectivity index (χ1n) is 10.5. The van der Waals surface area contributed by atoms with Gasteiger partial charge in [0.1, 0.15) is 16.4 Å². The molecule has 164 valence electrons. The number of rotatable bonds is 7. The van der Waals surface area contributed by atoms with Gasteiger partial charge in [0.25, 0.3) is 0 Å². The van der Waals surface area contributed by atoms with Crippen LogP contribution in [0.5, 0.6) is 0 Å². The number of nitrogens with two attached hydrogens (primary N) is 1. The first-order chi connectivity index (χ1) is 13.4. The minimum atomic E-state index is -0.471. The third-order valence-electron chi connectivity index (χ3n) is 5.44. The van der Waals surface area contributed by atoms with E-state index < -0.39 is 5.60 Å². The number of amides is 1. The average Bonchev–Trinajstić information content (AvgIpc) is 2.91. The van der Waals surface area contributed by atoms with Crippen LogP contribution in [0, 0.1) is 11.8 Å². The van der Waals surface area contributed by atoms with Gasteiger partial charge in [0.2, 0.25) is 0 Å². The van der Waals surface area contributed by atoms with E-state index in [9.17, 15) is 4.79 Å². The third kappa shape index (κ3) is 7.07. The molecule has 2 atom stereocenters. The Morgan fingerprint density at radius 1 is 1.41 bits per heavy atom. The van der Waals surface area contributed by atoms with Crippen molar-refractivity contribution in [2.45, 2.75) is 89.9 Å². The zero-order valence-electron chi connectivity index (χ0n) is 19.0. The summed E-state index contributed by atoms with van der Waals surface area (Å²) in [6.45, 7) is 15.2. The van der Waals surface area contributed by atoms with Crippen LogP contribution in [0.2, 0.25) is 0 Å². The van der Waals surface area contributed by atoms with Crippen LogP contribution in [0.15, 0.2) is 23.2 Å². The lowest BCUT2D eigenvalue weighted by atomic mass is 9.89. The smallest absolute Gasteiger partial charge is 0.410 e. The van der Waals surface area contributed by atoms with Crippen LogP contribution in [0.3, 0.4) is 0 Å². The van der Waals surface area contributed by atoms with Crippen molar-refractivity contribution in [3.05, 3.63) is 18.2 Å². The highest BCUT2D eigenvalue weighted by molar-refractivity contribution is 7.97. The van der Waals surface area contributed by atoms with Gasteiger partial charge < -0.3 is 15.0 Å². The summed E-state index contributed by atoms with van der Waals surface area (Å²) in [6.07, 6.45) is 2.88. The molecule has 3 N–H and O–H groups in total. The zero-order chi connectivity index (χ0) is 21.8. The molecule has 6 nitrogen and oxygen atoms in total. The van der Waals surface area contributed by atoms with Crippen molar-refractivity contribution in [1.29, 1.82) is 0 Å². The molecule has 0 aromatic carbocycles. The number of likely N-dealkylation sites (tertiary alicyclic amines) is 1. The normalized spacial score (nSPS) is 20.0. The van der Waals surface area contributed by atoms with Crippen molar-refractivity contribution in [1.82, 2.24) is 9.88 Å². The van der Waals surface area contributed by atoms with Gasteiger partial charge in [0, 0.05) is 18.1 Å². The molecule has 29 heavy (non-hydrogen) atoms. The molecule has 2 unspecified atom stereocenters. The van der Waals surface area contributed by atoms with Gasteiger partial charge in [0.15, 0.2) is 0 Å². The number of carbonyl (C=O) groups excluding carboxylic acids is 1. The summed E-state index contributed by atoms with van der Waals surface area (Å²) in [5, 5.41) is 10.0. The number of nitrogens with one attached hydrogen (secondary N) is 1. The fourth-order valence-electron chi connectivity index (χ4n) is 3.96. The Labute approximate surface area is 180 Å². The second-order valence-electron chi connectivity index (χ2n) is 10.0. The van der Waals surface area contributed by atoms with Gasteiger partial charge in [-0.05, 0) is 89.8 Å². The first-order valence-corrected chi connectivity index (χ1v) is 11.4. The molecule has 0 radical (unpaired) electrons. The van der Waals surface area contributed by atoms with Crippen molar-refractivity contribution in [3.63, 3.8) is 0 Å². The van der Waals surface area contributed by atoms with Gasteiger partial charge in [-0.1, -0.05) is 19.9 Å². The average molecular weight is 423 g/mol. The maximum absolute atomic E-state index is 12.6. The summed E-state index contributed by atoms with van der Waals surface area (Å²) in [6, 6.07) is 6.18. The number of hydrogen-bond acceptors (Lipinski definition) is 6. The molecule has 0 aliphatic carbocycles. The van der Waals surface area contributed by atoms with Crippen molar-refractivity contribution in [2.75, 3.05) is 11.9 Å². The zero-order valence-corrected chi connectivity index (χ0v) is 19.8. The summed E-state index contributed by atoms with van der Waals surface area (Å²) in [5.41, 5.74) is -0.650. The Balaban J connectivity index is 1.96. The lowest BCUT2D eigenvalue weighted by Crippen LogP contribution is -2.45. The van der Waals surface area contributed by atoms with Crippen molar-refractivity contribution in [2.24, 2.45) is 17.0 Å². The van der Waals surface area contributed by atoms with E-state index in [-0.39, 0.29) is 11.6 Å². The molecule has 1 aliphatic rings. The molecule has 2 heterocycles. The standard InChI is InChI=1S/C22H38N4O2S/c1-15(2)17(24-18-9-8-10-19(25-18)29-23)12-11-16-13-22(6,7)26(14-16)20(27)28-21(3,4)5/h8-10,15-17H,11-14,23H2,1-7H3,(H,24,25). The summed E-state index contributed by atoms with van der Waals surface area (Å²) in [4.78, 5) is 19.1. The second kappa shape index (κ2) is 9.56. The quantitative estimate of drug-likeness (QED) is 0.580. The maximum atomic E-state index is 12.6. The number of pyridine rings is 1. The minimum absolute atomic E-state index is 0.179. The molecule has 1 aromatic heterocycles. The van der Waals surface area contributed by atoms with Crippen LogP contribution in [-0.4, -0.2) is 39.7 Å². The Morgan fingerprint density at radius 3 is 2.69 bits per heavy atom. The molecular formula is C22H38N4O2S. The van der Waals surface area contributed by atoms with Crippen LogP contribution < -0.4 is 10.5 Å². The van der Waals surface area contributed by atoms with Crippen molar-refractivity contribution >= 4 is 23.9 Å². The van der Waals surface area contributed by atoms with E-state index in [0.717, 1.165) is 48.6 Å². The topological polar surface area (TPSA) is 80.5 Å². The van der Waals surface area contributed by atoms with Crippen LogP contribution in [0.1, 0.15) is 67.7 Å². The van der Waals surface area contributed by atoms with Crippen molar-refractivity contribution in [3.8, 4) is 0 Å². The Morgan fingerprint density at radius 2 is 2.10 bits per heavy atom. The number of carbonyl (C=O) groups is 1. The predicted molar refractivity (Wildman–Crippen MR) is 121 cm³/mol. The first kappa shape index (κ1) is 23.8. The van der Waals surface area contributed by atoms with E-state index in [1.165, 1.54) is 0 Å². The van der Waals surface area contributed by atoms with Crippen LogP contribution >= 0.6 is 11.9 Å². The molecule has 1 aromatic rings. The molecular weight excluding hydrogens is 384 g/mol. The van der Waals surface area contributed by atoms with E-state index in [0.29, 0.717) is 17.9 Å². The monoisotopic (exact) mass is 422 g/mol. The van der Waals surface area contributed by atoms with Gasteiger partial charge in [-0.3, -0.25) is 5.14 Å². The second-order valence-corrected chi connectivity index (χ2v) is 10.7. The Hall–Kier alpha value is -1.47. The van der Waals surface area contributed by atoms with E-state index in [1.54, 1.807) is 0 Å². The SMILES string of the molecule is CC(C)C(CCC1CN(C(=O)OC(C)(C)C)C(C)(C)C1)Nc1cccc(SN)n1. The molecule has 1 amide bonds. The fourth-order valence-corrected chi connectivity index (χ4v) is 4.26.